The molecular weight excluding hydrogens is 169 g/mol. The molecule has 0 bridgehead atoms. The smallest absolute Gasteiger partial charge is 0.289 e. The van der Waals surface area contributed by atoms with E-state index >= 15 is 0 Å². The first-order valence-electron chi connectivity index (χ1n) is 3.21. The highest BCUT2D eigenvalue weighted by molar-refractivity contribution is 5.40. The molecule has 0 aliphatic carbocycles. The van der Waals surface area contributed by atoms with Crippen molar-refractivity contribution in [3.8, 4) is 0 Å². The summed E-state index contributed by atoms with van der Waals surface area (Å²) >= 11 is 0. The molecule has 1 heterocycles. The average molecular weight is 176 g/mol. The lowest BCUT2D eigenvalue weighted by Crippen LogP contribution is -2.13. The Kier molecular flexibility index (Phi) is 1.95. The lowest BCUT2D eigenvalue weighted by molar-refractivity contribution is 0.00890. The maximum absolute atomic E-state index is 12.8. The summed E-state index contributed by atoms with van der Waals surface area (Å²) in [7, 11) is 0. The van der Waals surface area contributed by atoms with Crippen LogP contribution in [0.25, 0.3) is 0 Å². The molecular formula is C7H7F3N2. The minimum absolute atomic E-state index is 0.318. The standard InChI is InChI=1S/C7H7F3N2/c1-7(9,10)6-5(8)4(11)2-3-12-6/h2-3H,1H3,(H2,11,12). The molecule has 0 saturated carbocycles. The van der Waals surface area contributed by atoms with Crippen LogP contribution in [0.2, 0.25) is 0 Å². The zero-order chi connectivity index (χ0) is 9.35. The van der Waals surface area contributed by atoms with Crippen molar-refractivity contribution in [2.24, 2.45) is 0 Å². The Labute approximate surface area is 67.2 Å². The van der Waals surface area contributed by atoms with E-state index in [1.165, 1.54) is 0 Å². The molecule has 0 aliphatic heterocycles. The Balaban J connectivity index is 3.26. The number of hydrogen-bond acceptors (Lipinski definition) is 2. The normalized spacial score (nSPS) is 11.7. The van der Waals surface area contributed by atoms with Gasteiger partial charge in [0, 0.05) is 13.1 Å². The summed E-state index contributed by atoms with van der Waals surface area (Å²) in [6.45, 7) is 0.567. The zero-order valence-electron chi connectivity index (χ0n) is 6.31. The van der Waals surface area contributed by atoms with E-state index in [4.69, 9.17) is 5.73 Å². The van der Waals surface area contributed by atoms with Crippen LogP contribution in [0.1, 0.15) is 12.6 Å². The maximum Gasteiger partial charge on any atom is 0.289 e. The Morgan fingerprint density at radius 2 is 2.08 bits per heavy atom. The number of hydrogen-bond donors (Lipinski definition) is 1. The van der Waals surface area contributed by atoms with E-state index in [0.717, 1.165) is 12.3 Å². The van der Waals surface area contributed by atoms with Crippen molar-refractivity contribution < 1.29 is 13.2 Å². The van der Waals surface area contributed by atoms with Gasteiger partial charge in [0.15, 0.2) is 5.82 Å². The number of alkyl halides is 2. The van der Waals surface area contributed by atoms with E-state index in [-0.39, 0.29) is 5.69 Å². The van der Waals surface area contributed by atoms with Crippen molar-refractivity contribution in [2.75, 3.05) is 5.73 Å². The second-order valence-corrected chi connectivity index (χ2v) is 2.45. The minimum atomic E-state index is -3.29. The fourth-order valence-electron chi connectivity index (χ4n) is 0.765. The molecule has 0 radical (unpaired) electrons. The SMILES string of the molecule is CC(F)(F)c1nccc(N)c1F. The summed E-state index contributed by atoms with van der Waals surface area (Å²) in [5.41, 5.74) is 3.84. The van der Waals surface area contributed by atoms with Crippen LogP contribution in [0.5, 0.6) is 0 Å². The molecule has 0 spiro atoms. The van der Waals surface area contributed by atoms with Gasteiger partial charge < -0.3 is 5.73 Å². The Bertz CT molecular complexity index is 293. The Morgan fingerprint density at radius 3 is 2.50 bits per heavy atom. The highest BCUT2D eigenvalue weighted by atomic mass is 19.3. The van der Waals surface area contributed by atoms with E-state index in [1.54, 1.807) is 0 Å². The third kappa shape index (κ3) is 1.49. The highest BCUT2D eigenvalue weighted by Gasteiger charge is 2.30. The van der Waals surface area contributed by atoms with Crippen molar-refractivity contribution in [1.29, 1.82) is 0 Å². The maximum atomic E-state index is 12.8. The number of nitrogens with zero attached hydrogens (tertiary/aromatic N) is 1. The molecule has 1 aromatic heterocycles. The molecule has 2 N–H and O–H groups in total. The van der Waals surface area contributed by atoms with Gasteiger partial charge >= 0.3 is 0 Å². The topological polar surface area (TPSA) is 38.9 Å². The van der Waals surface area contributed by atoms with Gasteiger partial charge in [0.1, 0.15) is 5.69 Å². The largest absolute Gasteiger partial charge is 0.396 e. The van der Waals surface area contributed by atoms with Gasteiger partial charge in [0.2, 0.25) is 0 Å². The minimum Gasteiger partial charge on any atom is -0.396 e. The molecule has 66 valence electrons. The Morgan fingerprint density at radius 1 is 1.50 bits per heavy atom. The molecule has 2 nitrogen and oxygen atoms in total. The van der Waals surface area contributed by atoms with Crippen LogP contribution >= 0.6 is 0 Å². The molecule has 1 aromatic rings. The number of pyridine rings is 1. The third-order valence-corrected chi connectivity index (χ3v) is 1.33. The zero-order valence-corrected chi connectivity index (χ0v) is 6.31. The fourth-order valence-corrected chi connectivity index (χ4v) is 0.765. The van der Waals surface area contributed by atoms with E-state index < -0.39 is 17.4 Å². The lowest BCUT2D eigenvalue weighted by Gasteiger charge is -2.10. The molecule has 0 aromatic carbocycles. The van der Waals surface area contributed by atoms with Crippen LogP contribution in [-0.2, 0) is 5.92 Å². The van der Waals surface area contributed by atoms with Gasteiger partial charge in [-0.1, -0.05) is 0 Å². The number of rotatable bonds is 1. The van der Waals surface area contributed by atoms with Crippen molar-refractivity contribution in [3.05, 3.63) is 23.8 Å². The molecule has 12 heavy (non-hydrogen) atoms. The van der Waals surface area contributed by atoms with Crippen LogP contribution in [0.15, 0.2) is 12.3 Å². The van der Waals surface area contributed by atoms with Gasteiger partial charge in [-0.05, 0) is 6.07 Å². The first-order valence-corrected chi connectivity index (χ1v) is 3.21. The highest BCUT2D eigenvalue weighted by Crippen LogP contribution is 2.28. The summed E-state index contributed by atoms with van der Waals surface area (Å²) < 4.78 is 37.9. The van der Waals surface area contributed by atoms with Gasteiger partial charge in [-0.2, -0.15) is 8.78 Å². The summed E-state index contributed by atoms with van der Waals surface area (Å²) in [6.07, 6.45) is 1.05. The van der Waals surface area contributed by atoms with Crippen LogP contribution in [0, 0.1) is 5.82 Å². The molecule has 1 rings (SSSR count). The van der Waals surface area contributed by atoms with E-state index in [2.05, 4.69) is 4.98 Å². The molecule has 0 amide bonds. The Hall–Kier alpha value is -1.26. The van der Waals surface area contributed by atoms with Crippen LogP contribution < -0.4 is 5.73 Å². The first-order chi connectivity index (χ1) is 5.43. The second-order valence-electron chi connectivity index (χ2n) is 2.45. The lowest BCUT2D eigenvalue weighted by atomic mass is 10.2. The van der Waals surface area contributed by atoms with E-state index in [1.807, 2.05) is 0 Å². The van der Waals surface area contributed by atoms with Crippen LogP contribution in [0.3, 0.4) is 0 Å². The number of anilines is 1. The molecule has 0 fully saturated rings. The summed E-state index contributed by atoms with van der Waals surface area (Å²) in [5, 5.41) is 0. The van der Waals surface area contributed by atoms with Crippen molar-refractivity contribution in [1.82, 2.24) is 4.98 Å². The number of nitrogen functional groups attached to an aromatic ring is 1. The van der Waals surface area contributed by atoms with Crippen molar-refractivity contribution in [3.63, 3.8) is 0 Å². The van der Waals surface area contributed by atoms with Gasteiger partial charge in [0.25, 0.3) is 5.92 Å². The number of nitrogens with two attached hydrogens (primary N) is 1. The van der Waals surface area contributed by atoms with Crippen LogP contribution in [0.4, 0.5) is 18.9 Å². The van der Waals surface area contributed by atoms with Gasteiger partial charge in [-0.3, -0.25) is 4.98 Å². The van der Waals surface area contributed by atoms with E-state index in [0.29, 0.717) is 6.92 Å². The second kappa shape index (κ2) is 2.66. The van der Waals surface area contributed by atoms with Gasteiger partial charge in [-0.15, -0.1) is 0 Å². The van der Waals surface area contributed by atoms with Crippen molar-refractivity contribution >= 4 is 5.69 Å². The predicted octanol–water partition coefficient (Wildman–Crippen LogP) is 1.91. The summed E-state index contributed by atoms with van der Waals surface area (Å²) in [5.74, 6) is -4.44. The third-order valence-electron chi connectivity index (χ3n) is 1.33. The average Bonchev–Trinajstić information content (AvgIpc) is 1.92. The monoisotopic (exact) mass is 176 g/mol. The summed E-state index contributed by atoms with van der Waals surface area (Å²) in [6, 6.07) is 1.13. The molecule has 0 aliphatic rings. The van der Waals surface area contributed by atoms with E-state index in [9.17, 15) is 13.2 Å². The molecule has 5 heteroatoms. The first kappa shape index (κ1) is 8.83. The molecule has 0 unspecified atom stereocenters. The van der Waals surface area contributed by atoms with Gasteiger partial charge in [-0.25, -0.2) is 4.39 Å². The van der Waals surface area contributed by atoms with Gasteiger partial charge in [0.05, 0.1) is 5.69 Å². The summed E-state index contributed by atoms with van der Waals surface area (Å²) in [4.78, 5) is 3.21. The molecule has 0 atom stereocenters. The van der Waals surface area contributed by atoms with Crippen molar-refractivity contribution in [2.45, 2.75) is 12.8 Å². The predicted molar refractivity (Wildman–Crippen MR) is 38.2 cm³/mol. The van der Waals surface area contributed by atoms with Crippen LogP contribution in [-0.4, -0.2) is 4.98 Å². The number of aromatic nitrogens is 1. The quantitative estimate of drug-likeness (QED) is 0.709. The number of halogens is 3. The fraction of sp³-hybridized carbons (Fsp3) is 0.286. The molecule has 0 saturated heterocycles.